The zero-order valence-corrected chi connectivity index (χ0v) is 10.9. The largest absolute Gasteiger partial charge is 0.373 e. The maximum atomic E-state index is 11.6. The number of hydrogen-bond donors (Lipinski definition) is 0. The minimum absolute atomic E-state index is 0.329. The van der Waals surface area contributed by atoms with Gasteiger partial charge in [0.1, 0.15) is 0 Å². The molecule has 4 aliphatic heterocycles. The van der Waals surface area contributed by atoms with Crippen LogP contribution < -0.4 is 0 Å². The zero-order valence-electron chi connectivity index (χ0n) is 10.9. The Labute approximate surface area is 109 Å². The molecule has 98 valence electrons. The Morgan fingerprint density at radius 1 is 1.11 bits per heavy atom. The Kier molecular flexibility index (Phi) is 2.51. The van der Waals surface area contributed by atoms with Crippen molar-refractivity contribution >= 4 is 5.78 Å². The van der Waals surface area contributed by atoms with E-state index in [9.17, 15) is 4.79 Å². The van der Waals surface area contributed by atoms with Gasteiger partial charge in [0.25, 0.3) is 0 Å². The van der Waals surface area contributed by atoms with Gasteiger partial charge in [0.15, 0.2) is 5.78 Å². The van der Waals surface area contributed by atoms with Crippen LogP contribution in [0.25, 0.3) is 0 Å². The second kappa shape index (κ2) is 4.09. The lowest BCUT2D eigenvalue weighted by atomic mass is 9.71. The van der Waals surface area contributed by atoms with Crippen molar-refractivity contribution in [2.24, 2.45) is 11.8 Å². The molecule has 0 aromatic carbocycles. The molecule has 4 aliphatic rings. The van der Waals surface area contributed by atoms with Gasteiger partial charge in [-0.25, -0.2) is 0 Å². The molecule has 0 amide bonds. The number of rotatable bonds is 0. The van der Waals surface area contributed by atoms with Crippen LogP contribution in [0.15, 0.2) is 12.3 Å². The lowest BCUT2D eigenvalue weighted by Crippen LogP contribution is -2.62. The summed E-state index contributed by atoms with van der Waals surface area (Å²) >= 11 is 0. The minimum atomic E-state index is 0.329. The quantitative estimate of drug-likeness (QED) is 0.649. The summed E-state index contributed by atoms with van der Waals surface area (Å²) < 4.78 is 0. The highest BCUT2D eigenvalue weighted by atomic mass is 16.1. The predicted octanol–water partition coefficient (Wildman–Crippen LogP) is 1.65. The lowest BCUT2D eigenvalue weighted by molar-refractivity contribution is -0.119. The number of carbonyl (C=O) groups excluding carboxylic acids is 1. The van der Waals surface area contributed by atoms with E-state index in [1.54, 1.807) is 6.08 Å². The topological polar surface area (TPSA) is 23.6 Å². The molecule has 0 aromatic heterocycles. The van der Waals surface area contributed by atoms with Crippen molar-refractivity contribution in [3.8, 4) is 0 Å². The minimum Gasteiger partial charge on any atom is -0.373 e. The number of ketones is 1. The van der Waals surface area contributed by atoms with Gasteiger partial charge in [0.05, 0.1) is 0 Å². The molecular formula is C15H22N2O. The van der Waals surface area contributed by atoms with Crippen molar-refractivity contribution in [3.63, 3.8) is 0 Å². The number of hydrogen-bond acceptors (Lipinski definition) is 3. The van der Waals surface area contributed by atoms with E-state index in [4.69, 9.17) is 0 Å². The van der Waals surface area contributed by atoms with Crippen molar-refractivity contribution in [1.29, 1.82) is 0 Å². The highest BCUT2D eigenvalue weighted by Gasteiger charge is 2.46. The molecule has 3 heteroatoms. The first-order valence-electron chi connectivity index (χ1n) is 7.52. The van der Waals surface area contributed by atoms with Crippen LogP contribution >= 0.6 is 0 Å². The first-order chi connectivity index (χ1) is 8.81. The number of carbonyl (C=O) groups is 1. The molecule has 4 heterocycles. The van der Waals surface area contributed by atoms with Crippen molar-refractivity contribution in [3.05, 3.63) is 12.3 Å². The van der Waals surface area contributed by atoms with Crippen LogP contribution in [0, 0.1) is 11.8 Å². The first-order valence-corrected chi connectivity index (χ1v) is 7.52. The summed E-state index contributed by atoms with van der Waals surface area (Å²) in [6.45, 7) is 3.73. The number of nitrogens with zero attached hydrogens (tertiary/aromatic N) is 2. The van der Waals surface area contributed by atoms with E-state index in [2.05, 4.69) is 16.0 Å². The SMILES string of the molecule is O=C1C=CN2C[C@@H]3CC(CN4CCCC[C@@H]34)[C@H]2C1. The third-order valence-corrected chi connectivity index (χ3v) is 5.56. The molecule has 1 unspecified atom stereocenters. The maximum Gasteiger partial charge on any atom is 0.159 e. The highest BCUT2D eigenvalue weighted by molar-refractivity contribution is 5.90. The van der Waals surface area contributed by atoms with Crippen molar-refractivity contribution < 1.29 is 4.79 Å². The second-order valence-corrected chi connectivity index (χ2v) is 6.56. The molecule has 18 heavy (non-hydrogen) atoms. The van der Waals surface area contributed by atoms with Crippen LogP contribution in [0.5, 0.6) is 0 Å². The summed E-state index contributed by atoms with van der Waals surface area (Å²) in [4.78, 5) is 16.9. The third kappa shape index (κ3) is 1.63. The molecule has 3 fully saturated rings. The van der Waals surface area contributed by atoms with E-state index in [1.807, 2.05) is 0 Å². The Morgan fingerprint density at radius 2 is 2.00 bits per heavy atom. The zero-order chi connectivity index (χ0) is 12.1. The molecule has 4 atom stereocenters. The van der Waals surface area contributed by atoms with Crippen LogP contribution in [0.2, 0.25) is 0 Å². The summed E-state index contributed by atoms with van der Waals surface area (Å²) in [6.07, 6.45) is 10.2. The summed E-state index contributed by atoms with van der Waals surface area (Å²) in [6, 6.07) is 1.34. The summed E-state index contributed by atoms with van der Waals surface area (Å²) in [5.41, 5.74) is 0. The van der Waals surface area contributed by atoms with Crippen molar-refractivity contribution in [2.75, 3.05) is 19.6 Å². The monoisotopic (exact) mass is 246 g/mol. The molecule has 0 saturated carbocycles. The number of piperidine rings is 3. The predicted molar refractivity (Wildman–Crippen MR) is 70.1 cm³/mol. The molecular weight excluding hydrogens is 224 g/mol. The van der Waals surface area contributed by atoms with Crippen molar-refractivity contribution in [2.45, 2.75) is 44.2 Å². The van der Waals surface area contributed by atoms with Crippen LogP contribution in [0.3, 0.4) is 0 Å². The first kappa shape index (κ1) is 11.0. The second-order valence-electron chi connectivity index (χ2n) is 6.56. The smallest absolute Gasteiger partial charge is 0.159 e. The van der Waals surface area contributed by atoms with Gasteiger partial charge in [-0.1, -0.05) is 6.42 Å². The van der Waals surface area contributed by atoms with Gasteiger partial charge in [-0.15, -0.1) is 0 Å². The fourth-order valence-electron chi connectivity index (χ4n) is 4.76. The van der Waals surface area contributed by atoms with E-state index < -0.39 is 0 Å². The fraction of sp³-hybridized carbons (Fsp3) is 0.800. The van der Waals surface area contributed by atoms with E-state index >= 15 is 0 Å². The van der Waals surface area contributed by atoms with Crippen LogP contribution in [0.1, 0.15) is 32.1 Å². The maximum absolute atomic E-state index is 11.6. The summed E-state index contributed by atoms with van der Waals surface area (Å²) in [5, 5.41) is 0. The summed E-state index contributed by atoms with van der Waals surface area (Å²) in [5.74, 6) is 1.90. The Hall–Kier alpha value is -0.830. The van der Waals surface area contributed by atoms with Gasteiger partial charge in [-0.05, 0) is 43.7 Å². The Bertz CT molecular complexity index is 392. The van der Waals surface area contributed by atoms with E-state index in [0.717, 1.165) is 24.3 Å². The van der Waals surface area contributed by atoms with Crippen molar-refractivity contribution in [1.82, 2.24) is 9.80 Å². The van der Waals surface area contributed by atoms with Crippen LogP contribution in [-0.4, -0.2) is 47.3 Å². The van der Waals surface area contributed by atoms with Gasteiger partial charge >= 0.3 is 0 Å². The highest BCUT2D eigenvalue weighted by Crippen LogP contribution is 2.41. The average molecular weight is 246 g/mol. The molecule has 2 bridgehead atoms. The van der Waals surface area contributed by atoms with Gasteiger partial charge < -0.3 is 4.90 Å². The normalized spacial score (nSPS) is 43.6. The van der Waals surface area contributed by atoms with E-state index in [-0.39, 0.29) is 0 Å². The lowest BCUT2D eigenvalue weighted by Gasteiger charge is -2.56. The number of fused-ring (bicyclic) bond motifs is 6. The molecule has 4 rings (SSSR count). The Morgan fingerprint density at radius 3 is 2.94 bits per heavy atom. The van der Waals surface area contributed by atoms with E-state index in [1.165, 1.54) is 45.3 Å². The molecule has 0 aromatic rings. The molecule has 0 spiro atoms. The fourth-order valence-corrected chi connectivity index (χ4v) is 4.76. The van der Waals surface area contributed by atoms with Crippen LogP contribution in [0.4, 0.5) is 0 Å². The van der Waals surface area contributed by atoms with Gasteiger partial charge in [0.2, 0.25) is 0 Å². The standard InChI is InChI=1S/C15H22N2O/c18-13-4-6-17-9-11-7-12(15(17)8-13)10-16-5-2-1-3-14(11)16/h4,6,11-12,14-15H,1-3,5,7-10H2/t11-,12?,14-,15+/m0/s1. The average Bonchev–Trinajstić information content (AvgIpc) is 2.40. The van der Waals surface area contributed by atoms with Gasteiger partial charge in [-0.3, -0.25) is 9.69 Å². The van der Waals surface area contributed by atoms with Gasteiger partial charge in [-0.2, -0.15) is 0 Å². The molecule has 0 N–H and O–H groups in total. The van der Waals surface area contributed by atoms with Gasteiger partial charge in [0, 0.05) is 37.8 Å². The van der Waals surface area contributed by atoms with E-state index in [0.29, 0.717) is 11.8 Å². The van der Waals surface area contributed by atoms with Crippen LogP contribution in [-0.2, 0) is 4.79 Å². The molecule has 3 saturated heterocycles. The number of allylic oxidation sites excluding steroid dienone is 1. The Balaban J connectivity index is 1.60. The molecule has 3 nitrogen and oxygen atoms in total. The molecule has 0 aliphatic carbocycles. The third-order valence-electron chi connectivity index (χ3n) is 5.56. The molecule has 0 radical (unpaired) electrons. The summed E-state index contributed by atoms with van der Waals surface area (Å²) in [7, 11) is 0.